The first-order chi connectivity index (χ1) is 9.34. The van der Waals surface area contributed by atoms with Crippen LogP contribution >= 0.6 is 0 Å². The molecule has 1 aliphatic heterocycles. The van der Waals surface area contributed by atoms with Gasteiger partial charge in [-0.1, -0.05) is 12.1 Å². The summed E-state index contributed by atoms with van der Waals surface area (Å²) in [5.74, 6) is 0.538. The van der Waals surface area contributed by atoms with Crippen LogP contribution in [0.1, 0.15) is 30.9 Å². The Balaban J connectivity index is 1.82. The van der Waals surface area contributed by atoms with Gasteiger partial charge in [0.1, 0.15) is 0 Å². The van der Waals surface area contributed by atoms with Crippen LogP contribution in [0.4, 0.5) is 0 Å². The highest BCUT2D eigenvalue weighted by Crippen LogP contribution is 2.30. The summed E-state index contributed by atoms with van der Waals surface area (Å²) >= 11 is 0. The summed E-state index contributed by atoms with van der Waals surface area (Å²) in [4.78, 5) is 8.63. The number of rotatable bonds is 3. The Kier molecular flexibility index (Phi) is 3.71. The summed E-state index contributed by atoms with van der Waals surface area (Å²) in [6.45, 7) is 1.62. The van der Waals surface area contributed by atoms with E-state index in [1.165, 1.54) is 0 Å². The molecule has 19 heavy (non-hydrogen) atoms. The van der Waals surface area contributed by atoms with Gasteiger partial charge in [-0.3, -0.25) is 9.97 Å². The molecule has 0 spiro atoms. The Bertz CT molecular complexity index is 547. The van der Waals surface area contributed by atoms with Crippen molar-refractivity contribution in [3.8, 4) is 0 Å². The van der Waals surface area contributed by atoms with Gasteiger partial charge in [0, 0.05) is 31.2 Å². The summed E-state index contributed by atoms with van der Waals surface area (Å²) in [6, 6.07) is 5.80. The molecule has 4 nitrogen and oxygen atoms in total. The normalized spacial score (nSPS) is 18.6. The molecule has 1 aromatic heterocycles. The third kappa shape index (κ3) is 2.74. The van der Waals surface area contributed by atoms with E-state index < -0.39 is 6.10 Å². The van der Waals surface area contributed by atoms with Crippen LogP contribution in [0.5, 0.6) is 0 Å². The highest BCUT2D eigenvalue weighted by molar-refractivity contribution is 5.77. The van der Waals surface area contributed by atoms with Gasteiger partial charge in [0.2, 0.25) is 0 Å². The lowest BCUT2D eigenvalue weighted by Crippen LogP contribution is -2.18. The zero-order valence-electron chi connectivity index (χ0n) is 10.8. The number of hydrogen-bond acceptors (Lipinski definition) is 4. The average molecular weight is 258 g/mol. The van der Waals surface area contributed by atoms with Crippen molar-refractivity contribution >= 4 is 11.0 Å². The van der Waals surface area contributed by atoms with E-state index in [1.807, 2.05) is 18.2 Å². The van der Waals surface area contributed by atoms with E-state index in [0.717, 1.165) is 49.1 Å². The largest absolute Gasteiger partial charge is 0.388 e. The van der Waals surface area contributed by atoms with Crippen LogP contribution in [0.15, 0.2) is 30.6 Å². The van der Waals surface area contributed by atoms with Gasteiger partial charge in [-0.25, -0.2) is 0 Å². The molecule has 1 fully saturated rings. The number of aliphatic hydroxyl groups excluding tert-OH is 1. The molecule has 1 aromatic carbocycles. The van der Waals surface area contributed by atoms with E-state index in [2.05, 4.69) is 9.97 Å². The maximum absolute atomic E-state index is 10.5. The molecule has 1 atom stereocenters. The van der Waals surface area contributed by atoms with Crippen molar-refractivity contribution < 1.29 is 9.84 Å². The molecule has 4 heteroatoms. The van der Waals surface area contributed by atoms with E-state index >= 15 is 0 Å². The lowest BCUT2D eigenvalue weighted by molar-refractivity contribution is 0.0437. The first kappa shape index (κ1) is 12.5. The van der Waals surface area contributed by atoms with Gasteiger partial charge in [0.05, 0.1) is 17.1 Å². The number of hydrogen-bond donors (Lipinski definition) is 1. The molecule has 1 N–H and O–H groups in total. The Morgan fingerprint density at radius 1 is 1.21 bits per heavy atom. The van der Waals surface area contributed by atoms with Crippen LogP contribution in [0.25, 0.3) is 11.0 Å². The van der Waals surface area contributed by atoms with E-state index in [1.54, 1.807) is 12.4 Å². The predicted molar refractivity (Wildman–Crippen MR) is 72.7 cm³/mol. The molecule has 2 aromatic rings. The predicted octanol–water partition coefficient (Wildman–Crippen LogP) is 2.48. The molecule has 0 aliphatic carbocycles. The Morgan fingerprint density at radius 2 is 2.00 bits per heavy atom. The van der Waals surface area contributed by atoms with Crippen molar-refractivity contribution in [2.45, 2.75) is 25.4 Å². The first-order valence-corrected chi connectivity index (χ1v) is 6.80. The van der Waals surface area contributed by atoms with Crippen LogP contribution in [0, 0.1) is 5.92 Å². The highest BCUT2D eigenvalue weighted by Gasteiger charge is 2.20. The van der Waals surface area contributed by atoms with Gasteiger partial charge in [-0.05, 0) is 31.2 Å². The van der Waals surface area contributed by atoms with Crippen molar-refractivity contribution in [2.75, 3.05) is 13.2 Å². The minimum Gasteiger partial charge on any atom is -0.388 e. The van der Waals surface area contributed by atoms with Gasteiger partial charge >= 0.3 is 0 Å². The zero-order valence-corrected chi connectivity index (χ0v) is 10.8. The molecule has 0 radical (unpaired) electrons. The summed E-state index contributed by atoms with van der Waals surface area (Å²) in [5.41, 5.74) is 2.53. The Morgan fingerprint density at radius 3 is 2.84 bits per heavy atom. The molecular formula is C15H18N2O2. The van der Waals surface area contributed by atoms with Crippen molar-refractivity contribution in [3.05, 3.63) is 36.2 Å². The van der Waals surface area contributed by atoms with Crippen LogP contribution < -0.4 is 0 Å². The lowest BCUT2D eigenvalue weighted by Gasteiger charge is -2.24. The molecular weight excluding hydrogens is 240 g/mol. The van der Waals surface area contributed by atoms with Crippen molar-refractivity contribution in [2.24, 2.45) is 5.92 Å². The van der Waals surface area contributed by atoms with Crippen LogP contribution in [0.2, 0.25) is 0 Å². The van der Waals surface area contributed by atoms with E-state index in [4.69, 9.17) is 4.74 Å². The van der Waals surface area contributed by atoms with Gasteiger partial charge in [-0.2, -0.15) is 0 Å². The maximum atomic E-state index is 10.5. The molecule has 1 unspecified atom stereocenters. The first-order valence-electron chi connectivity index (χ1n) is 6.80. The van der Waals surface area contributed by atoms with Crippen molar-refractivity contribution in [1.82, 2.24) is 9.97 Å². The Labute approximate surface area is 112 Å². The fraction of sp³-hybridized carbons (Fsp3) is 0.467. The second kappa shape index (κ2) is 5.63. The van der Waals surface area contributed by atoms with Crippen LogP contribution in [-0.2, 0) is 4.74 Å². The Hall–Kier alpha value is -1.52. The third-order valence-electron chi connectivity index (χ3n) is 3.79. The smallest absolute Gasteiger partial charge is 0.0944 e. The highest BCUT2D eigenvalue weighted by atomic mass is 16.5. The second-order valence-electron chi connectivity index (χ2n) is 5.08. The number of aromatic nitrogens is 2. The summed E-state index contributed by atoms with van der Waals surface area (Å²) in [7, 11) is 0. The molecule has 1 saturated heterocycles. The van der Waals surface area contributed by atoms with Gasteiger partial charge in [0.25, 0.3) is 0 Å². The quantitative estimate of drug-likeness (QED) is 0.919. The molecule has 1 aliphatic rings. The third-order valence-corrected chi connectivity index (χ3v) is 3.79. The SMILES string of the molecule is OC(CC1CCOCC1)c1cccc2nccnc12. The van der Waals surface area contributed by atoms with Crippen molar-refractivity contribution in [3.63, 3.8) is 0 Å². The van der Waals surface area contributed by atoms with Crippen LogP contribution in [0.3, 0.4) is 0 Å². The summed E-state index contributed by atoms with van der Waals surface area (Å²) < 4.78 is 5.35. The van der Waals surface area contributed by atoms with Gasteiger partial charge in [-0.15, -0.1) is 0 Å². The van der Waals surface area contributed by atoms with Crippen molar-refractivity contribution in [1.29, 1.82) is 0 Å². The number of nitrogens with zero attached hydrogens (tertiary/aromatic N) is 2. The monoisotopic (exact) mass is 258 g/mol. The lowest BCUT2D eigenvalue weighted by atomic mass is 9.90. The zero-order chi connectivity index (χ0) is 13.1. The topological polar surface area (TPSA) is 55.2 Å². The van der Waals surface area contributed by atoms with E-state index in [9.17, 15) is 5.11 Å². The van der Waals surface area contributed by atoms with E-state index in [-0.39, 0.29) is 0 Å². The minimum absolute atomic E-state index is 0.469. The number of aliphatic hydroxyl groups is 1. The van der Waals surface area contributed by atoms with Gasteiger partial charge < -0.3 is 9.84 Å². The maximum Gasteiger partial charge on any atom is 0.0944 e. The fourth-order valence-corrected chi connectivity index (χ4v) is 2.71. The second-order valence-corrected chi connectivity index (χ2v) is 5.08. The number of fused-ring (bicyclic) bond motifs is 1. The number of para-hydroxylation sites is 1. The molecule has 100 valence electrons. The van der Waals surface area contributed by atoms with Crippen LogP contribution in [-0.4, -0.2) is 28.3 Å². The van der Waals surface area contributed by atoms with E-state index in [0.29, 0.717) is 5.92 Å². The standard InChI is InChI=1S/C15H18N2O2/c18-14(10-11-4-8-19-9-5-11)12-2-1-3-13-15(12)17-7-6-16-13/h1-3,6-7,11,14,18H,4-5,8-10H2. The number of benzene rings is 1. The number of ether oxygens (including phenoxy) is 1. The minimum atomic E-state index is -0.469. The molecule has 2 heterocycles. The fourth-order valence-electron chi connectivity index (χ4n) is 2.71. The van der Waals surface area contributed by atoms with Gasteiger partial charge in [0.15, 0.2) is 0 Å². The average Bonchev–Trinajstić information content (AvgIpc) is 2.47. The summed E-state index contributed by atoms with van der Waals surface area (Å²) in [5, 5.41) is 10.5. The summed E-state index contributed by atoms with van der Waals surface area (Å²) in [6.07, 6.45) is 5.73. The molecule has 3 rings (SSSR count). The molecule has 0 saturated carbocycles. The molecule has 0 amide bonds. The molecule has 0 bridgehead atoms.